The minimum Gasteiger partial charge on any atom is -0.444 e. The Bertz CT molecular complexity index is 814. The molecule has 0 saturated carbocycles. The predicted molar refractivity (Wildman–Crippen MR) is 102 cm³/mol. The van der Waals surface area contributed by atoms with Crippen LogP contribution in [0.3, 0.4) is 0 Å². The number of nitrogens with one attached hydrogen (secondary N) is 1. The first kappa shape index (κ1) is 18.2. The Morgan fingerprint density at radius 2 is 1.77 bits per heavy atom. The molecule has 26 heavy (non-hydrogen) atoms. The summed E-state index contributed by atoms with van der Waals surface area (Å²) in [6.45, 7) is 8.30. The topological polar surface area (TPSA) is 58.6 Å². The van der Waals surface area contributed by atoms with E-state index in [-0.39, 0.29) is 24.0 Å². The molecule has 0 bridgehead atoms. The number of rotatable bonds is 3. The summed E-state index contributed by atoms with van der Waals surface area (Å²) in [6, 6.07) is 14.2. The van der Waals surface area contributed by atoms with Crippen molar-refractivity contribution in [3.05, 3.63) is 48.0 Å². The van der Waals surface area contributed by atoms with Crippen molar-refractivity contribution in [2.45, 2.75) is 39.3 Å². The third kappa shape index (κ3) is 3.98. The van der Waals surface area contributed by atoms with E-state index in [1.807, 2.05) is 52.0 Å². The summed E-state index contributed by atoms with van der Waals surface area (Å²) < 4.78 is 5.32. The number of carbonyl (C=O) groups is 2. The van der Waals surface area contributed by atoms with Crippen molar-refractivity contribution < 1.29 is 14.3 Å². The van der Waals surface area contributed by atoms with Crippen LogP contribution in [0.2, 0.25) is 0 Å². The summed E-state index contributed by atoms with van der Waals surface area (Å²) in [5.74, 6) is -0.204. The van der Waals surface area contributed by atoms with Crippen molar-refractivity contribution in [3.63, 3.8) is 0 Å². The van der Waals surface area contributed by atoms with Crippen LogP contribution in [0.25, 0.3) is 10.8 Å². The van der Waals surface area contributed by atoms with Crippen LogP contribution < -0.4 is 5.32 Å². The number of hydrogen-bond donors (Lipinski definition) is 1. The molecule has 0 unspecified atom stereocenters. The molecule has 2 aromatic rings. The second kappa shape index (κ2) is 6.98. The lowest BCUT2D eigenvalue weighted by atomic mass is 9.96. The number of nitrogens with zero attached hydrogens (tertiary/aromatic N) is 1. The van der Waals surface area contributed by atoms with Crippen LogP contribution in [0.4, 0.5) is 4.79 Å². The highest BCUT2D eigenvalue weighted by Gasteiger charge is 2.38. The van der Waals surface area contributed by atoms with Gasteiger partial charge in [0.05, 0.1) is 12.0 Å². The summed E-state index contributed by atoms with van der Waals surface area (Å²) in [4.78, 5) is 26.0. The summed E-state index contributed by atoms with van der Waals surface area (Å²) in [7, 11) is 0. The number of fused-ring (bicyclic) bond motifs is 1. The Kier molecular flexibility index (Phi) is 4.90. The lowest BCUT2D eigenvalue weighted by Gasteiger charge is -2.39. The van der Waals surface area contributed by atoms with Crippen molar-refractivity contribution in [1.82, 2.24) is 10.2 Å². The molecule has 1 N–H and O–H groups in total. The van der Waals surface area contributed by atoms with Gasteiger partial charge in [-0.05, 0) is 44.0 Å². The van der Waals surface area contributed by atoms with Crippen LogP contribution in [0, 0.1) is 5.92 Å². The van der Waals surface area contributed by atoms with Crippen molar-refractivity contribution in [2.75, 3.05) is 13.1 Å². The zero-order chi connectivity index (χ0) is 18.9. The van der Waals surface area contributed by atoms with E-state index in [1.54, 1.807) is 4.90 Å². The number of hydrogen-bond acceptors (Lipinski definition) is 3. The normalized spacial score (nSPS) is 16.1. The van der Waals surface area contributed by atoms with Gasteiger partial charge >= 0.3 is 6.09 Å². The second-order valence-electron chi connectivity index (χ2n) is 7.88. The van der Waals surface area contributed by atoms with E-state index in [0.717, 1.165) is 16.3 Å². The molecule has 1 heterocycles. The van der Waals surface area contributed by atoms with E-state index in [1.165, 1.54) is 0 Å². The predicted octanol–water partition coefficient (Wildman–Crippen LogP) is 3.88. The van der Waals surface area contributed by atoms with Crippen LogP contribution in [0.15, 0.2) is 42.5 Å². The highest BCUT2D eigenvalue weighted by molar-refractivity contribution is 5.87. The Morgan fingerprint density at radius 1 is 1.12 bits per heavy atom. The summed E-state index contributed by atoms with van der Waals surface area (Å²) in [6.07, 6.45) is -0.358. The Labute approximate surface area is 154 Å². The van der Waals surface area contributed by atoms with Crippen molar-refractivity contribution >= 4 is 22.8 Å². The van der Waals surface area contributed by atoms with Crippen LogP contribution >= 0.6 is 0 Å². The number of likely N-dealkylation sites (tertiary alicyclic amines) is 1. The van der Waals surface area contributed by atoms with E-state index < -0.39 is 5.60 Å². The molecule has 1 aliphatic heterocycles. The van der Waals surface area contributed by atoms with Gasteiger partial charge in [-0.3, -0.25) is 4.79 Å². The van der Waals surface area contributed by atoms with Crippen molar-refractivity contribution in [2.24, 2.45) is 5.92 Å². The van der Waals surface area contributed by atoms with Gasteiger partial charge in [-0.15, -0.1) is 0 Å². The summed E-state index contributed by atoms with van der Waals surface area (Å²) >= 11 is 0. The molecule has 5 nitrogen and oxygen atoms in total. The molecular formula is C21H26N2O3. The van der Waals surface area contributed by atoms with Crippen molar-refractivity contribution in [3.8, 4) is 0 Å². The molecule has 0 aliphatic carbocycles. The Hall–Kier alpha value is -2.56. The molecular weight excluding hydrogens is 328 g/mol. The van der Waals surface area contributed by atoms with Crippen LogP contribution in [0.5, 0.6) is 0 Å². The maximum Gasteiger partial charge on any atom is 0.410 e. The van der Waals surface area contributed by atoms with E-state index >= 15 is 0 Å². The Morgan fingerprint density at radius 3 is 2.46 bits per heavy atom. The highest BCUT2D eigenvalue weighted by atomic mass is 16.6. The van der Waals surface area contributed by atoms with Crippen LogP contribution in [-0.4, -0.2) is 35.6 Å². The van der Waals surface area contributed by atoms with Gasteiger partial charge in [-0.2, -0.15) is 0 Å². The molecule has 138 valence electrons. The van der Waals surface area contributed by atoms with Gasteiger partial charge in [0.25, 0.3) is 0 Å². The smallest absolute Gasteiger partial charge is 0.410 e. The average molecular weight is 354 g/mol. The minimum absolute atomic E-state index is 0.0229. The summed E-state index contributed by atoms with van der Waals surface area (Å²) in [5, 5.41) is 5.38. The van der Waals surface area contributed by atoms with Gasteiger partial charge in [-0.25, -0.2) is 4.79 Å². The number of carbonyl (C=O) groups excluding carboxylic acids is 2. The molecule has 1 aliphatic rings. The fourth-order valence-corrected chi connectivity index (χ4v) is 3.16. The average Bonchev–Trinajstić information content (AvgIpc) is 2.51. The second-order valence-corrected chi connectivity index (χ2v) is 7.88. The quantitative estimate of drug-likeness (QED) is 0.910. The molecule has 3 rings (SSSR count). The molecule has 2 amide bonds. The fourth-order valence-electron chi connectivity index (χ4n) is 3.16. The highest BCUT2D eigenvalue weighted by Crippen LogP contribution is 2.25. The van der Waals surface area contributed by atoms with Gasteiger partial charge in [0.15, 0.2) is 0 Å². The van der Waals surface area contributed by atoms with Crippen LogP contribution in [-0.2, 0) is 9.53 Å². The number of benzene rings is 2. The minimum atomic E-state index is -0.521. The van der Waals surface area contributed by atoms with Gasteiger partial charge in [-0.1, -0.05) is 42.5 Å². The van der Waals surface area contributed by atoms with E-state index in [0.29, 0.717) is 13.1 Å². The van der Waals surface area contributed by atoms with Gasteiger partial charge in [0.2, 0.25) is 5.91 Å². The molecule has 1 saturated heterocycles. The maximum atomic E-state index is 12.5. The molecule has 5 heteroatoms. The fraction of sp³-hybridized carbons (Fsp3) is 0.429. The van der Waals surface area contributed by atoms with Gasteiger partial charge in [0.1, 0.15) is 5.60 Å². The summed E-state index contributed by atoms with van der Waals surface area (Å²) in [5.41, 5.74) is 0.576. The SMILES string of the molecule is C[C@@H](NC(=O)C1CN(C(=O)OC(C)(C)C)C1)c1cccc2ccccc12. The first-order chi connectivity index (χ1) is 12.2. The molecule has 0 radical (unpaired) electrons. The number of amides is 2. The first-order valence-electron chi connectivity index (χ1n) is 9.00. The molecule has 1 fully saturated rings. The third-order valence-electron chi connectivity index (χ3n) is 4.55. The van der Waals surface area contributed by atoms with E-state index in [4.69, 9.17) is 4.74 Å². The van der Waals surface area contributed by atoms with E-state index in [2.05, 4.69) is 23.5 Å². The molecule has 0 spiro atoms. The first-order valence-corrected chi connectivity index (χ1v) is 9.00. The lowest BCUT2D eigenvalue weighted by Crippen LogP contribution is -2.56. The standard InChI is InChI=1S/C21H26N2O3/c1-14(17-11-7-9-15-8-5-6-10-18(15)17)22-19(24)16-12-23(13-16)20(25)26-21(2,3)4/h5-11,14,16H,12-13H2,1-4H3,(H,22,24)/t14-/m1/s1. The molecule has 0 aromatic heterocycles. The van der Waals surface area contributed by atoms with Gasteiger partial charge < -0.3 is 15.0 Å². The molecule has 2 aromatic carbocycles. The zero-order valence-corrected chi connectivity index (χ0v) is 15.8. The third-order valence-corrected chi connectivity index (χ3v) is 4.55. The lowest BCUT2D eigenvalue weighted by molar-refractivity contribution is -0.130. The monoisotopic (exact) mass is 354 g/mol. The zero-order valence-electron chi connectivity index (χ0n) is 15.8. The van der Waals surface area contributed by atoms with Crippen LogP contribution in [0.1, 0.15) is 39.3 Å². The van der Waals surface area contributed by atoms with Crippen molar-refractivity contribution in [1.29, 1.82) is 0 Å². The Balaban J connectivity index is 1.58. The largest absolute Gasteiger partial charge is 0.444 e. The number of ether oxygens (including phenoxy) is 1. The maximum absolute atomic E-state index is 12.5. The van der Waals surface area contributed by atoms with Gasteiger partial charge in [0, 0.05) is 13.1 Å². The van der Waals surface area contributed by atoms with E-state index in [9.17, 15) is 9.59 Å². The molecule has 1 atom stereocenters.